The van der Waals surface area contributed by atoms with E-state index in [1.165, 1.54) is 18.4 Å². The second-order valence-electron chi connectivity index (χ2n) is 7.15. The molecule has 4 aromatic rings. The number of ether oxygens (including phenoxy) is 1. The molecule has 7 nitrogen and oxygen atoms in total. The van der Waals surface area contributed by atoms with Crippen molar-refractivity contribution in [1.29, 1.82) is 0 Å². The third kappa shape index (κ3) is 8.30. The summed E-state index contributed by atoms with van der Waals surface area (Å²) in [6.07, 6.45) is 10.0. The number of pyridine rings is 1. The largest absolute Gasteiger partial charge is 0.488 e. The highest BCUT2D eigenvalue weighted by atomic mass is 35.5. The van der Waals surface area contributed by atoms with E-state index in [2.05, 4.69) is 14.6 Å². The Balaban J connectivity index is 0.000000383. The van der Waals surface area contributed by atoms with Crippen molar-refractivity contribution in [1.82, 2.24) is 4.98 Å². The summed E-state index contributed by atoms with van der Waals surface area (Å²) in [5.41, 5.74) is 2.95. The van der Waals surface area contributed by atoms with Gasteiger partial charge in [0.05, 0.1) is 12.0 Å². The van der Waals surface area contributed by atoms with Gasteiger partial charge in [-0.25, -0.2) is 4.79 Å². The van der Waals surface area contributed by atoms with Gasteiger partial charge in [-0.15, -0.1) is 0 Å². The molecule has 0 saturated carbocycles. The molecule has 36 heavy (non-hydrogen) atoms. The van der Waals surface area contributed by atoms with Crippen LogP contribution in [0.25, 0.3) is 12.2 Å². The van der Waals surface area contributed by atoms with Crippen molar-refractivity contribution in [2.24, 2.45) is 5.16 Å². The topological polar surface area (TPSA) is 105 Å². The molecule has 182 valence electrons. The number of aromatic carboxylic acids is 1. The summed E-state index contributed by atoms with van der Waals surface area (Å²) >= 11 is 6.19. The molecular formula is C28H23ClN2O5. The average Bonchev–Trinajstić information content (AvgIpc) is 3.46. The third-order valence-electron chi connectivity index (χ3n) is 4.65. The van der Waals surface area contributed by atoms with E-state index >= 15 is 0 Å². The van der Waals surface area contributed by atoms with E-state index in [0.29, 0.717) is 23.1 Å². The summed E-state index contributed by atoms with van der Waals surface area (Å²) < 4.78 is 10.4. The molecular weight excluding hydrogens is 480 g/mol. The Morgan fingerprint density at radius 2 is 1.72 bits per heavy atom. The number of para-hydroxylation sites is 1. The molecule has 2 N–H and O–H groups in total. The second-order valence-corrected chi connectivity index (χ2v) is 7.55. The van der Waals surface area contributed by atoms with Crippen molar-refractivity contribution in [3.8, 4) is 5.75 Å². The number of oxime groups is 1. The van der Waals surface area contributed by atoms with Gasteiger partial charge in [-0.2, -0.15) is 0 Å². The summed E-state index contributed by atoms with van der Waals surface area (Å²) in [5, 5.41) is 21.4. The van der Waals surface area contributed by atoms with Crippen LogP contribution < -0.4 is 4.74 Å². The maximum absolute atomic E-state index is 9.97. The zero-order chi connectivity index (χ0) is 25.6. The number of carboxylic acid groups (broad SMARTS) is 1. The Labute approximate surface area is 213 Å². The highest BCUT2D eigenvalue weighted by Gasteiger charge is 2.04. The lowest BCUT2D eigenvalue weighted by Crippen LogP contribution is -1.97. The van der Waals surface area contributed by atoms with E-state index in [4.69, 9.17) is 21.4 Å². The van der Waals surface area contributed by atoms with Gasteiger partial charge in [0.1, 0.15) is 18.1 Å². The van der Waals surface area contributed by atoms with Gasteiger partial charge >= 0.3 is 5.97 Å². The predicted octanol–water partition coefficient (Wildman–Crippen LogP) is 6.85. The zero-order valence-electron chi connectivity index (χ0n) is 19.1. The van der Waals surface area contributed by atoms with Crippen molar-refractivity contribution < 1.29 is 24.3 Å². The van der Waals surface area contributed by atoms with Gasteiger partial charge < -0.3 is 19.5 Å². The zero-order valence-corrected chi connectivity index (χ0v) is 19.8. The number of hydrogen-bond acceptors (Lipinski definition) is 6. The fourth-order valence-corrected chi connectivity index (χ4v) is 3.05. The first-order chi connectivity index (χ1) is 17.6. The van der Waals surface area contributed by atoms with E-state index < -0.39 is 5.97 Å². The number of carboxylic acids is 1. The van der Waals surface area contributed by atoms with Gasteiger partial charge in [0.15, 0.2) is 0 Å². The number of benzene rings is 2. The summed E-state index contributed by atoms with van der Waals surface area (Å²) in [4.78, 5) is 14.2. The highest BCUT2D eigenvalue weighted by Crippen LogP contribution is 2.23. The van der Waals surface area contributed by atoms with Crippen molar-refractivity contribution in [2.45, 2.75) is 6.61 Å². The summed E-state index contributed by atoms with van der Waals surface area (Å²) in [7, 11) is 0. The highest BCUT2D eigenvalue weighted by molar-refractivity contribution is 6.31. The van der Waals surface area contributed by atoms with Crippen LogP contribution in [-0.2, 0) is 6.61 Å². The van der Waals surface area contributed by atoms with Crippen LogP contribution >= 0.6 is 11.6 Å². The molecule has 0 aliphatic heterocycles. The normalized spacial score (nSPS) is 11.3. The molecule has 0 aliphatic carbocycles. The molecule has 2 heterocycles. The molecule has 0 amide bonds. The van der Waals surface area contributed by atoms with Crippen molar-refractivity contribution in [2.75, 3.05) is 0 Å². The lowest BCUT2D eigenvalue weighted by Gasteiger charge is -2.10. The number of allylic oxidation sites excluding steroid dienone is 2. The quantitative estimate of drug-likeness (QED) is 0.155. The number of carbonyl (C=O) groups is 1. The minimum absolute atomic E-state index is 0.0231. The van der Waals surface area contributed by atoms with Gasteiger partial charge in [-0.05, 0) is 60.7 Å². The maximum Gasteiger partial charge on any atom is 0.371 e. The minimum atomic E-state index is -1.03. The Morgan fingerprint density at radius 3 is 2.39 bits per heavy atom. The van der Waals surface area contributed by atoms with Crippen molar-refractivity contribution >= 4 is 35.4 Å². The van der Waals surface area contributed by atoms with Crippen LogP contribution in [0.2, 0.25) is 5.02 Å². The van der Waals surface area contributed by atoms with Crippen LogP contribution in [0.5, 0.6) is 5.75 Å². The lowest BCUT2D eigenvalue weighted by atomic mass is 10.1. The Hall–Kier alpha value is -4.62. The van der Waals surface area contributed by atoms with Crippen LogP contribution in [0, 0.1) is 0 Å². The van der Waals surface area contributed by atoms with Gasteiger partial charge in [0.2, 0.25) is 5.76 Å². The first-order valence-corrected chi connectivity index (χ1v) is 11.2. The van der Waals surface area contributed by atoms with Gasteiger partial charge in [0.25, 0.3) is 0 Å². The fraction of sp³-hybridized carbons (Fsp3) is 0.0357. The number of aromatic nitrogens is 1. The lowest BCUT2D eigenvalue weighted by molar-refractivity contribution is 0.0662. The van der Waals surface area contributed by atoms with Crippen LogP contribution in [0.3, 0.4) is 0 Å². The first-order valence-electron chi connectivity index (χ1n) is 10.8. The van der Waals surface area contributed by atoms with Gasteiger partial charge in [-0.1, -0.05) is 59.2 Å². The van der Waals surface area contributed by atoms with Crippen LogP contribution in [-0.4, -0.2) is 27.0 Å². The molecule has 0 fully saturated rings. The van der Waals surface area contributed by atoms with E-state index in [0.717, 1.165) is 16.8 Å². The molecule has 0 unspecified atom stereocenters. The van der Waals surface area contributed by atoms with E-state index in [-0.39, 0.29) is 5.76 Å². The number of halogens is 1. The molecule has 0 aliphatic rings. The minimum Gasteiger partial charge on any atom is -0.488 e. The van der Waals surface area contributed by atoms with Crippen LogP contribution in [0.1, 0.15) is 27.4 Å². The Kier molecular flexibility index (Phi) is 10.1. The summed E-state index contributed by atoms with van der Waals surface area (Å²) in [6.45, 7) is 0.366. The number of nitrogens with zero attached hydrogens (tertiary/aromatic N) is 2. The smallest absolute Gasteiger partial charge is 0.371 e. The maximum atomic E-state index is 9.97. The monoisotopic (exact) mass is 502 g/mol. The number of furan rings is 1. The van der Waals surface area contributed by atoms with Crippen LogP contribution in [0.4, 0.5) is 0 Å². The molecule has 2 aromatic heterocycles. The Bertz CT molecular complexity index is 1330. The molecule has 0 bridgehead atoms. The summed E-state index contributed by atoms with van der Waals surface area (Å²) in [6, 6.07) is 23.7. The number of hydrogen-bond donors (Lipinski definition) is 2. The van der Waals surface area contributed by atoms with Gasteiger partial charge in [0, 0.05) is 22.3 Å². The van der Waals surface area contributed by atoms with Crippen molar-refractivity contribution in [3.05, 3.63) is 131 Å². The summed E-state index contributed by atoms with van der Waals surface area (Å²) in [5.74, 6) is -0.343. The van der Waals surface area contributed by atoms with E-state index in [1.807, 2.05) is 72.8 Å². The van der Waals surface area contributed by atoms with Crippen LogP contribution in [0.15, 0.2) is 113 Å². The standard InChI is InChI=1S/C23H19ClN2O2.C5H4O3/c24-22-10-3-1-8-19(22)17-28-23-11-4-2-7-18(23)12-13-21(26-27)15-14-20-9-5-6-16-25-20;6-5(7)4-2-1-3-8-4/h1-16,27H,17H2;1-3H,(H,6,7). The SMILES string of the molecule is O=C(O)c1ccco1.ON=C(C=Cc1ccccn1)C=Cc1ccccc1OCc1ccccc1Cl. The van der Waals surface area contributed by atoms with Crippen molar-refractivity contribution in [3.63, 3.8) is 0 Å². The average molecular weight is 503 g/mol. The predicted molar refractivity (Wildman–Crippen MR) is 139 cm³/mol. The molecule has 2 aromatic carbocycles. The molecule has 0 radical (unpaired) electrons. The molecule has 4 rings (SSSR count). The molecule has 8 heteroatoms. The second kappa shape index (κ2) is 13.9. The molecule has 0 saturated heterocycles. The van der Waals surface area contributed by atoms with E-state index in [1.54, 1.807) is 24.4 Å². The Morgan fingerprint density at radius 1 is 0.972 bits per heavy atom. The fourth-order valence-electron chi connectivity index (χ4n) is 2.86. The first kappa shape index (κ1) is 26.0. The van der Waals surface area contributed by atoms with E-state index in [9.17, 15) is 10.0 Å². The molecule has 0 atom stereocenters. The molecule has 0 spiro atoms. The number of rotatable bonds is 8. The van der Waals surface area contributed by atoms with Gasteiger partial charge in [-0.3, -0.25) is 4.98 Å². The third-order valence-corrected chi connectivity index (χ3v) is 5.02.